The van der Waals surface area contributed by atoms with E-state index < -0.39 is 17.7 Å². The van der Waals surface area contributed by atoms with Crippen molar-refractivity contribution in [2.24, 2.45) is 0 Å². The number of aliphatic hydroxyl groups excluding tert-OH is 1. The molecule has 34 heavy (non-hydrogen) atoms. The van der Waals surface area contributed by atoms with E-state index in [2.05, 4.69) is 9.88 Å². The molecular formula is C26H28N4O4. The van der Waals surface area contributed by atoms with Crippen LogP contribution in [0.15, 0.2) is 54.2 Å². The van der Waals surface area contributed by atoms with Crippen molar-refractivity contribution in [3.63, 3.8) is 0 Å². The van der Waals surface area contributed by atoms with Crippen LogP contribution in [0.5, 0.6) is 0 Å². The predicted octanol–water partition coefficient (Wildman–Crippen LogP) is 2.71. The zero-order chi connectivity index (χ0) is 23.8. The van der Waals surface area contributed by atoms with Gasteiger partial charge < -0.3 is 14.7 Å². The van der Waals surface area contributed by atoms with Crippen molar-refractivity contribution in [2.75, 3.05) is 39.4 Å². The lowest BCUT2D eigenvalue weighted by molar-refractivity contribution is -0.140. The summed E-state index contributed by atoms with van der Waals surface area (Å²) in [6.45, 7) is 7.66. The van der Waals surface area contributed by atoms with Gasteiger partial charge in [0.2, 0.25) is 0 Å². The molecule has 0 unspecified atom stereocenters. The molecule has 1 N–H and O–H groups in total. The van der Waals surface area contributed by atoms with Crippen molar-refractivity contribution in [3.05, 3.63) is 76.7 Å². The number of carbonyl (C=O) groups excluding carboxylic acids is 2. The van der Waals surface area contributed by atoms with Crippen LogP contribution in [-0.2, 0) is 14.3 Å². The number of fused-ring (bicyclic) bond motifs is 1. The number of likely N-dealkylation sites (tertiary alicyclic amines) is 1. The Morgan fingerprint density at radius 1 is 1.06 bits per heavy atom. The monoisotopic (exact) mass is 460 g/mol. The lowest BCUT2D eigenvalue weighted by atomic mass is 9.96. The van der Waals surface area contributed by atoms with Crippen LogP contribution < -0.4 is 0 Å². The second-order valence-electron chi connectivity index (χ2n) is 8.79. The highest BCUT2D eigenvalue weighted by Gasteiger charge is 2.46. The molecule has 2 aliphatic rings. The fourth-order valence-electron chi connectivity index (χ4n) is 4.90. The van der Waals surface area contributed by atoms with Crippen molar-refractivity contribution in [2.45, 2.75) is 19.9 Å². The molecule has 8 nitrogen and oxygen atoms in total. The maximum Gasteiger partial charge on any atom is 0.295 e. The number of Topliss-reactive ketones (excluding diaryl/α,β-unsaturated/α-hetero) is 1. The van der Waals surface area contributed by atoms with E-state index >= 15 is 0 Å². The fraction of sp³-hybridized carbons (Fsp3) is 0.346. The molecule has 2 saturated heterocycles. The number of rotatable bonds is 5. The van der Waals surface area contributed by atoms with E-state index in [1.165, 1.54) is 0 Å². The minimum absolute atomic E-state index is 0.101. The molecule has 5 rings (SSSR count). The number of aliphatic hydroxyl groups is 1. The zero-order valence-electron chi connectivity index (χ0n) is 19.4. The topological polar surface area (TPSA) is 87.4 Å². The quantitative estimate of drug-likeness (QED) is 0.358. The molecule has 4 heterocycles. The molecule has 0 spiro atoms. The molecule has 0 saturated carbocycles. The summed E-state index contributed by atoms with van der Waals surface area (Å²) in [4.78, 5) is 35.0. The van der Waals surface area contributed by atoms with Crippen LogP contribution in [-0.4, -0.2) is 75.4 Å². The van der Waals surface area contributed by atoms with Gasteiger partial charge in [0.15, 0.2) is 5.76 Å². The first-order chi connectivity index (χ1) is 16.5. The van der Waals surface area contributed by atoms with Gasteiger partial charge in [0.25, 0.3) is 11.7 Å². The average molecular weight is 461 g/mol. The van der Waals surface area contributed by atoms with Crippen molar-refractivity contribution in [1.82, 2.24) is 19.2 Å². The molecule has 2 fully saturated rings. The van der Waals surface area contributed by atoms with Crippen LogP contribution in [0.2, 0.25) is 0 Å². The SMILES string of the molecule is Cc1nc2c(C)cccn2c1/C(O)=C1\C(=O)C(=O)N(CCN2CCOCC2)[C@H]1c1ccccc1. The van der Waals surface area contributed by atoms with Gasteiger partial charge in [0.1, 0.15) is 11.3 Å². The summed E-state index contributed by atoms with van der Waals surface area (Å²) in [6, 6.07) is 12.6. The van der Waals surface area contributed by atoms with E-state index in [0.29, 0.717) is 43.3 Å². The van der Waals surface area contributed by atoms with Gasteiger partial charge in [-0.3, -0.25) is 18.9 Å². The van der Waals surface area contributed by atoms with Crippen LogP contribution in [0.25, 0.3) is 11.4 Å². The van der Waals surface area contributed by atoms with Gasteiger partial charge in [-0.2, -0.15) is 0 Å². The summed E-state index contributed by atoms with van der Waals surface area (Å²) in [5, 5.41) is 11.5. The predicted molar refractivity (Wildman–Crippen MR) is 127 cm³/mol. The third-order valence-electron chi connectivity index (χ3n) is 6.66. The van der Waals surface area contributed by atoms with Crippen molar-refractivity contribution < 1.29 is 19.4 Å². The highest BCUT2D eigenvalue weighted by atomic mass is 16.5. The molecule has 176 valence electrons. The van der Waals surface area contributed by atoms with Crippen LogP contribution in [0.3, 0.4) is 0 Å². The molecule has 0 bridgehead atoms. The van der Waals surface area contributed by atoms with Gasteiger partial charge in [-0.25, -0.2) is 4.98 Å². The molecule has 2 aromatic heterocycles. The fourth-order valence-corrected chi connectivity index (χ4v) is 4.90. The lowest BCUT2D eigenvalue weighted by Gasteiger charge is -2.31. The Labute approximate surface area is 198 Å². The van der Waals surface area contributed by atoms with Crippen LogP contribution in [0.4, 0.5) is 0 Å². The number of pyridine rings is 1. The Kier molecular flexibility index (Phi) is 5.93. The van der Waals surface area contributed by atoms with Crippen molar-refractivity contribution >= 4 is 23.1 Å². The van der Waals surface area contributed by atoms with Crippen molar-refractivity contribution in [3.8, 4) is 0 Å². The zero-order valence-corrected chi connectivity index (χ0v) is 19.4. The summed E-state index contributed by atoms with van der Waals surface area (Å²) in [5.41, 5.74) is 3.58. The second-order valence-corrected chi connectivity index (χ2v) is 8.79. The highest BCUT2D eigenvalue weighted by molar-refractivity contribution is 6.46. The first kappa shape index (κ1) is 22.3. The molecule has 1 atom stereocenters. The average Bonchev–Trinajstić information content (AvgIpc) is 3.33. The van der Waals surface area contributed by atoms with Crippen LogP contribution in [0, 0.1) is 13.8 Å². The number of imidazole rings is 1. The number of morpholine rings is 1. The van der Waals surface area contributed by atoms with E-state index in [-0.39, 0.29) is 11.3 Å². The second kappa shape index (κ2) is 9.04. The molecule has 3 aromatic rings. The maximum absolute atomic E-state index is 13.3. The Morgan fingerprint density at radius 2 is 1.79 bits per heavy atom. The largest absolute Gasteiger partial charge is 0.505 e. The van der Waals surface area contributed by atoms with E-state index in [4.69, 9.17) is 4.74 Å². The van der Waals surface area contributed by atoms with Gasteiger partial charge in [-0.15, -0.1) is 0 Å². The van der Waals surface area contributed by atoms with E-state index in [0.717, 1.165) is 24.2 Å². The third kappa shape index (κ3) is 3.78. The summed E-state index contributed by atoms with van der Waals surface area (Å²) in [5.74, 6) is -1.46. The van der Waals surface area contributed by atoms with Gasteiger partial charge >= 0.3 is 0 Å². The number of ether oxygens (including phenoxy) is 1. The van der Waals surface area contributed by atoms with Gasteiger partial charge in [-0.1, -0.05) is 36.4 Å². The minimum atomic E-state index is -0.671. The number of benzene rings is 1. The summed E-state index contributed by atoms with van der Waals surface area (Å²) in [6.07, 6.45) is 1.81. The molecule has 0 aliphatic carbocycles. The number of hydrogen-bond acceptors (Lipinski definition) is 6. The van der Waals surface area contributed by atoms with Crippen molar-refractivity contribution in [1.29, 1.82) is 0 Å². The number of ketones is 1. The number of aromatic nitrogens is 2. The van der Waals surface area contributed by atoms with Crippen LogP contribution in [0.1, 0.15) is 28.6 Å². The first-order valence-corrected chi connectivity index (χ1v) is 11.6. The van der Waals surface area contributed by atoms with E-state index in [1.807, 2.05) is 55.6 Å². The Bertz CT molecular complexity index is 1270. The Hall–Kier alpha value is -3.49. The van der Waals surface area contributed by atoms with Gasteiger partial charge in [-0.05, 0) is 31.0 Å². The maximum atomic E-state index is 13.3. The van der Waals surface area contributed by atoms with E-state index in [9.17, 15) is 14.7 Å². The number of aryl methyl sites for hydroxylation is 2. The third-order valence-corrected chi connectivity index (χ3v) is 6.66. The number of carbonyl (C=O) groups is 2. The molecular weight excluding hydrogens is 432 g/mol. The summed E-state index contributed by atoms with van der Waals surface area (Å²) in [7, 11) is 0. The van der Waals surface area contributed by atoms with E-state index in [1.54, 1.807) is 16.2 Å². The highest BCUT2D eigenvalue weighted by Crippen LogP contribution is 2.39. The molecule has 2 aliphatic heterocycles. The smallest absolute Gasteiger partial charge is 0.295 e. The Morgan fingerprint density at radius 3 is 2.53 bits per heavy atom. The Balaban J connectivity index is 1.61. The first-order valence-electron chi connectivity index (χ1n) is 11.6. The van der Waals surface area contributed by atoms with Gasteiger partial charge in [0, 0.05) is 32.4 Å². The molecule has 1 aromatic carbocycles. The normalized spacial score (nSPS) is 21.0. The molecule has 1 amide bonds. The standard InChI is InChI=1S/C26H28N4O4/c1-17-7-6-10-29-21(18(2)27-25(17)29)23(31)20-22(19-8-4-3-5-9-19)30(26(33)24(20)32)12-11-28-13-15-34-16-14-28/h3-10,22,31H,11-16H2,1-2H3/b23-20+/t22-/m0/s1. The summed E-state index contributed by atoms with van der Waals surface area (Å²) >= 11 is 0. The number of amides is 1. The van der Waals surface area contributed by atoms with Crippen LogP contribution >= 0.6 is 0 Å². The molecule has 0 radical (unpaired) electrons. The number of nitrogens with zero attached hydrogens (tertiary/aromatic N) is 4. The molecule has 8 heteroatoms. The minimum Gasteiger partial charge on any atom is -0.505 e. The number of hydrogen-bond donors (Lipinski definition) is 1. The summed E-state index contributed by atoms with van der Waals surface area (Å²) < 4.78 is 7.20. The van der Waals surface area contributed by atoms with Gasteiger partial charge in [0.05, 0.1) is 30.5 Å². The lowest BCUT2D eigenvalue weighted by Crippen LogP contribution is -2.42.